The normalized spacial score (nSPS) is 9.36. The number of aliphatic hydroxyl groups is 1. The summed E-state index contributed by atoms with van der Waals surface area (Å²) in [6, 6.07) is 0. The fourth-order valence-electron chi connectivity index (χ4n) is 0.429. The number of nitrogens with zero attached hydrogens (tertiary/aromatic N) is 3. The summed E-state index contributed by atoms with van der Waals surface area (Å²) in [5, 5.41) is 12.4. The van der Waals surface area contributed by atoms with Crippen molar-refractivity contribution >= 4 is 0 Å². The Morgan fingerprint density at radius 3 is 2.73 bits per heavy atom. The van der Waals surface area contributed by atoms with E-state index < -0.39 is 5.60 Å². The summed E-state index contributed by atoms with van der Waals surface area (Å²) in [6.07, 6.45) is 0.494. The average molecular weight is 153 g/mol. The van der Waals surface area contributed by atoms with Gasteiger partial charge in [-0.05, 0) is 19.4 Å². The number of azide groups is 1. The summed E-state index contributed by atoms with van der Waals surface area (Å²) in [5.41, 5.74) is 6.94. The lowest BCUT2D eigenvalue weighted by Crippen LogP contribution is -2.14. The largest absolute Gasteiger partial charge is 0.378 e. The van der Waals surface area contributed by atoms with Gasteiger partial charge < -0.3 is 5.11 Å². The van der Waals surface area contributed by atoms with E-state index in [2.05, 4.69) is 21.9 Å². The van der Waals surface area contributed by atoms with Crippen LogP contribution >= 0.6 is 0 Å². The SMILES string of the molecule is CC(C)(O)C#CCCN=[N+]=[N-]. The van der Waals surface area contributed by atoms with Crippen molar-refractivity contribution in [1.82, 2.24) is 0 Å². The summed E-state index contributed by atoms with van der Waals surface area (Å²) in [7, 11) is 0. The van der Waals surface area contributed by atoms with Crippen molar-refractivity contribution in [3.8, 4) is 11.8 Å². The Balaban J connectivity index is 3.65. The van der Waals surface area contributed by atoms with Crippen molar-refractivity contribution in [3.05, 3.63) is 10.4 Å². The first-order chi connectivity index (χ1) is 5.06. The van der Waals surface area contributed by atoms with Crippen LogP contribution in [0.15, 0.2) is 5.11 Å². The molecule has 0 aromatic heterocycles. The molecule has 0 bridgehead atoms. The van der Waals surface area contributed by atoms with Crippen molar-refractivity contribution in [2.45, 2.75) is 25.9 Å². The van der Waals surface area contributed by atoms with Gasteiger partial charge in [0.2, 0.25) is 0 Å². The summed E-state index contributed by atoms with van der Waals surface area (Å²) in [6.45, 7) is 3.57. The molecule has 0 aromatic carbocycles. The number of rotatable bonds is 2. The lowest BCUT2D eigenvalue weighted by atomic mass is 10.1. The maximum Gasteiger partial charge on any atom is 0.119 e. The minimum absolute atomic E-state index is 0.361. The van der Waals surface area contributed by atoms with Crippen molar-refractivity contribution in [3.63, 3.8) is 0 Å². The lowest BCUT2D eigenvalue weighted by Gasteiger charge is -2.05. The Kier molecular flexibility index (Phi) is 4.12. The fraction of sp³-hybridized carbons (Fsp3) is 0.714. The van der Waals surface area contributed by atoms with E-state index in [9.17, 15) is 0 Å². The summed E-state index contributed by atoms with van der Waals surface area (Å²) in [4.78, 5) is 2.56. The second kappa shape index (κ2) is 4.62. The summed E-state index contributed by atoms with van der Waals surface area (Å²) < 4.78 is 0. The molecule has 0 radical (unpaired) electrons. The van der Waals surface area contributed by atoms with Crippen LogP contribution in [-0.2, 0) is 0 Å². The van der Waals surface area contributed by atoms with Crippen LogP contribution < -0.4 is 0 Å². The Labute approximate surface area is 65.9 Å². The first kappa shape index (κ1) is 9.83. The van der Waals surface area contributed by atoms with Gasteiger partial charge in [-0.3, -0.25) is 0 Å². The quantitative estimate of drug-likeness (QED) is 0.211. The van der Waals surface area contributed by atoms with Gasteiger partial charge in [0.1, 0.15) is 5.60 Å². The third-order valence-corrected chi connectivity index (χ3v) is 0.794. The Morgan fingerprint density at radius 1 is 1.64 bits per heavy atom. The van der Waals surface area contributed by atoms with E-state index in [-0.39, 0.29) is 0 Å². The van der Waals surface area contributed by atoms with Crippen LogP contribution in [0.2, 0.25) is 0 Å². The van der Waals surface area contributed by atoms with E-state index in [1.807, 2.05) is 0 Å². The molecule has 0 unspecified atom stereocenters. The van der Waals surface area contributed by atoms with Gasteiger partial charge in [-0.15, -0.1) is 5.92 Å². The Morgan fingerprint density at radius 2 is 2.27 bits per heavy atom. The van der Waals surface area contributed by atoms with E-state index >= 15 is 0 Å². The van der Waals surface area contributed by atoms with Crippen molar-refractivity contribution < 1.29 is 5.11 Å². The molecule has 11 heavy (non-hydrogen) atoms. The summed E-state index contributed by atoms with van der Waals surface area (Å²) >= 11 is 0. The summed E-state index contributed by atoms with van der Waals surface area (Å²) in [5.74, 6) is 5.30. The van der Waals surface area contributed by atoms with Crippen LogP contribution in [0, 0.1) is 11.8 Å². The third kappa shape index (κ3) is 8.83. The molecule has 0 saturated carbocycles. The zero-order valence-corrected chi connectivity index (χ0v) is 6.70. The highest BCUT2D eigenvalue weighted by Gasteiger charge is 2.04. The van der Waals surface area contributed by atoms with Gasteiger partial charge in [-0.2, -0.15) is 0 Å². The van der Waals surface area contributed by atoms with Gasteiger partial charge in [0.25, 0.3) is 0 Å². The van der Waals surface area contributed by atoms with Gasteiger partial charge in [-0.25, -0.2) is 0 Å². The van der Waals surface area contributed by atoms with Crippen LogP contribution in [-0.4, -0.2) is 17.3 Å². The molecule has 0 rings (SSSR count). The van der Waals surface area contributed by atoms with Gasteiger partial charge in [0.15, 0.2) is 0 Å². The minimum atomic E-state index is -0.948. The van der Waals surface area contributed by atoms with E-state index in [0.29, 0.717) is 13.0 Å². The zero-order valence-electron chi connectivity index (χ0n) is 6.70. The molecule has 0 spiro atoms. The minimum Gasteiger partial charge on any atom is -0.378 e. The second-order valence-electron chi connectivity index (χ2n) is 2.57. The molecule has 0 aliphatic rings. The van der Waals surface area contributed by atoms with E-state index in [1.165, 1.54) is 0 Å². The highest BCUT2D eigenvalue weighted by atomic mass is 16.3. The molecule has 0 saturated heterocycles. The smallest absolute Gasteiger partial charge is 0.119 e. The van der Waals surface area contributed by atoms with Crippen molar-refractivity contribution in [2.75, 3.05) is 6.54 Å². The Hall–Kier alpha value is -1.17. The van der Waals surface area contributed by atoms with Crippen molar-refractivity contribution in [2.24, 2.45) is 5.11 Å². The number of hydrogen-bond donors (Lipinski definition) is 1. The molecule has 4 nitrogen and oxygen atoms in total. The molecule has 4 heteroatoms. The van der Waals surface area contributed by atoms with Gasteiger partial charge >= 0.3 is 0 Å². The molecular weight excluding hydrogens is 142 g/mol. The number of hydrogen-bond acceptors (Lipinski definition) is 2. The van der Waals surface area contributed by atoms with Crippen molar-refractivity contribution in [1.29, 1.82) is 0 Å². The van der Waals surface area contributed by atoms with Gasteiger partial charge in [0.05, 0.1) is 0 Å². The second-order valence-corrected chi connectivity index (χ2v) is 2.57. The van der Waals surface area contributed by atoms with Gasteiger partial charge in [-0.1, -0.05) is 11.0 Å². The molecule has 0 atom stereocenters. The standard InChI is InChI=1S/C7H11N3O/c1-7(2,11)5-3-4-6-9-10-8/h11H,4,6H2,1-2H3. The zero-order chi connectivity index (χ0) is 8.74. The monoisotopic (exact) mass is 153 g/mol. The lowest BCUT2D eigenvalue weighted by molar-refractivity contribution is 0.143. The maximum absolute atomic E-state index is 9.10. The first-order valence-electron chi connectivity index (χ1n) is 3.29. The molecule has 0 fully saturated rings. The van der Waals surface area contributed by atoms with Crippen LogP contribution in [0.1, 0.15) is 20.3 Å². The topological polar surface area (TPSA) is 69.0 Å². The van der Waals surface area contributed by atoms with Crippen LogP contribution in [0.25, 0.3) is 10.4 Å². The average Bonchev–Trinajstić information content (AvgIpc) is 1.85. The molecule has 0 aromatic rings. The van der Waals surface area contributed by atoms with E-state index in [1.54, 1.807) is 13.8 Å². The van der Waals surface area contributed by atoms with Crippen LogP contribution in [0.4, 0.5) is 0 Å². The highest BCUT2D eigenvalue weighted by Crippen LogP contribution is 1.96. The van der Waals surface area contributed by atoms with Crippen LogP contribution in [0.5, 0.6) is 0 Å². The van der Waals surface area contributed by atoms with Gasteiger partial charge in [0, 0.05) is 17.9 Å². The third-order valence-electron chi connectivity index (χ3n) is 0.794. The van der Waals surface area contributed by atoms with E-state index in [0.717, 1.165) is 0 Å². The molecule has 1 N–H and O–H groups in total. The first-order valence-corrected chi connectivity index (χ1v) is 3.29. The fourth-order valence-corrected chi connectivity index (χ4v) is 0.429. The molecular formula is C7H11N3O. The van der Waals surface area contributed by atoms with E-state index in [4.69, 9.17) is 10.6 Å². The maximum atomic E-state index is 9.10. The predicted molar refractivity (Wildman–Crippen MR) is 42.7 cm³/mol. The molecule has 0 aliphatic carbocycles. The van der Waals surface area contributed by atoms with Crippen LogP contribution in [0.3, 0.4) is 0 Å². The molecule has 60 valence electrons. The predicted octanol–water partition coefficient (Wildman–Crippen LogP) is 1.46. The molecule has 0 aliphatic heterocycles. The molecule has 0 heterocycles. The molecule has 0 amide bonds. The Bertz CT molecular complexity index is 212. The highest BCUT2D eigenvalue weighted by molar-refractivity contribution is 5.09.